The number of carbonyl (C=O) groups is 1. The summed E-state index contributed by atoms with van der Waals surface area (Å²) in [4.78, 5) is 26.7. The lowest BCUT2D eigenvalue weighted by molar-refractivity contribution is -0.137. The van der Waals surface area contributed by atoms with Crippen molar-refractivity contribution in [3.8, 4) is 0 Å². The maximum absolute atomic E-state index is 12.6. The van der Waals surface area contributed by atoms with Crippen molar-refractivity contribution >= 4 is 22.6 Å². The molecule has 1 amide bonds. The summed E-state index contributed by atoms with van der Waals surface area (Å²) in [5.41, 5.74) is 1.80. The Morgan fingerprint density at radius 1 is 1.38 bits per heavy atom. The number of nitrogens with zero attached hydrogens (tertiary/aromatic N) is 4. The Morgan fingerprint density at radius 3 is 2.92 bits per heavy atom. The van der Waals surface area contributed by atoms with Gasteiger partial charge in [-0.1, -0.05) is 6.92 Å². The van der Waals surface area contributed by atoms with Crippen LogP contribution >= 0.6 is 0 Å². The average Bonchev–Trinajstić information content (AvgIpc) is 3.19. The van der Waals surface area contributed by atoms with E-state index in [0.29, 0.717) is 12.5 Å². The summed E-state index contributed by atoms with van der Waals surface area (Å²) in [6.07, 6.45) is 6.62. The van der Waals surface area contributed by atoms with Crippen LogP contribution in [0.3, 0.4) is 0 Å². The zero-order valence-corrected chi connectivity index (χ0v) is 15.4. The molecule has 0 aromatic carbocycles. The van der Waals surface area contributed by atoms with E-state index in [9.17, 15) is 9.90 Å². The lowest BCUT2D eigenvalue weighted by Crippen LogP contribution is -2.44. The lowest BCUT2D eigenvalue weighted by Gasteiger charge is -2.37. The second-order valence-corrected chi connectivity index (χ2v) is 8.05. The van der Waals surface area contributed by atoms with Gasteiger partial charge in [-0.25, -0.2) is 9.97 Å². The summed E-state index contributed by atoms with van der Waals surface area (Å²) < 4.78 is 2.14. The second kappa shape index (κ2) is 6.09. The van der Waals surface area contributed by atoms with E-state index >= 15 is 0 Å². The third-order valence-electron chi connectivity index (χ3n) is 5.31. The zero-order chi connectivity index (χ0) is 18.5. The fraction of sp³-hybridized carbons (Fsp3) is 0.526. The van der Waals surface area contributed by atoms with Gasteiger partial charge >= 0.3 is 0 Å². The Bertz CT molecular complexity index is 952. The van der Waals surface area contributed by atoms with Crippen molar-refractivity contribution in [3.05, 3.63) is 30.5 Å². The molecule has 3 aromatic rings. The van der Waals surface area contributed by atoms with Crippen LogP contribution in [0.25, 0.3) is 16.7 Å². The van der Waals surface area contributed by atoms with Crippen LogP contribution in [0.4, 0.5) is 0 Å². The number of rotatable bonds is 3. The van der Waals surface area contributed by atoms with Crippen molar-refractivity contribution in [1.29, 1.82) is 0 Å². The van der Waals surface area contributed by atoms with E-state index in [0.717, 1.165) is 35.5 Å². The van der Waals surface area contributed by atoms with Crippen LogP contribution in [0.2, 0.25) is 0 Å². The Kier molecular flexibility index (Phi) is 3.99. The molecule has 0 aliphatic carbocycles. The maximum atomic E-state index is 12.6. The van der Waals surface area contributed by atoms with E-state index in [1.54, 1.807) is 13.8 Å². The highest BCUT2D eigenvalue weighted by Gasteiger charge is 2.34. The van der Waals surface area contributed by atoms with Gasteiger partial charge < -0.3 is 15.0 Å². The van der Waals surface area contributed by atoms with Crippen LogP contribution in [0.1, 0.15) is 45.4 Å². The Hall–Kier alpha value is -2.41. The first kappa shape index (κ1) is 17.0. The van der Waals surface area contributed by atoms with Gasteiger partial charge in [0.05, 0.1) is 35.4 Å². The van der Waals surface area contributed by atoms with E-state index in [4.69, 9.17) is 0 Å². The number of amides is 1. The molecule has 1 fully saturated rings. The summed E-state index contributed by atoms with van der Waals surface area (Å²) in [7, 11) is 0. The topological polar surface area (TPSA) is 86.5 Å². The molecule has 0 saturated carbocycles. The molecule has 1 saturated heterocycles. The molecular formula is C19H25N5O2. The fourth-order valence-electron chi connectivity index (χ4n) is 3.88. The molecule has 1 aliphatic heterocycles. The number of aromatic amines is 1. The van der Waals surface area contributed by atoms with Gasteiger partial charge in [0.1, 0.15) is 5.82 Å². The molecule has 0 unspecified atom stereocenters. The van der Waals surface area contributed by atoms with E-state index < -0.39 is 5.60 Å². The maximum Gasteiger partial charge on any atom is 0.225 e. The predicted octanol–water partition coefficient (Wildman–Crippen LogP) is 2.32. The first-order chi connectivity index (χ1) is 12.3. The summed E-state index contributed by atoms with van der Waals surface area (Å²) in [5, 5.41) is 9.98. The molecule has 2 atom stereocenters. The molecular weight excluding hydrogens is 330 g/mol. The van der Waals surface area contributed by atoms with Crippen LogP contribution in [0, 0.1) is 5.92 Å². The van der Waals surface area contributed by atoms with E-state index in [-0.39, 0.29) is 18.2 Å². The minimum atomic E-state index is -0.987. The number of H-pyrrole nitrogens is 1. The van der Waals surface area contributed by atoms with Crippen molar-refractivity contribution < 1.29 is 9.90 Å². The Balaban J connectivity index is 1.69. The van der Waals surface area contributed by atoms with Crippen LogP contribution in [-0.4, -0.2) is 54.0 Å². The van der Waals surface area contributed by atoms with Crippen molar-refractivity contribution in [2.75, 3.05) is 13.1 Å². The molecule has 0 spiro atoms. The minimum Gasteiger partial charge on any atom is -0.390 e. The monoisotopic (exact) mass is 355 g/mol. The Labute approximate surface area is 152 Å². The normalized spacial score (nSPS) is 21.6. The van der Waals surface area contributed by atoms with Crippen LogP contribution < -0.4 is 0 Å². The number of nitrogens with one attached hydrogen (secondary N) is 1. The number of hydrogen-bond acceptors (Lipinski definition) is 4. The molecule has 4 heterocycles. The molecule has 0 radical (unpaired) electrons. The van der Waals surface area contributed by atoms with Gasteiger partial charge in [0.2, 0.25) is 5.91 Å². The zero-order valence-electron chi connectivity index (χ0n) is 15.4. The second-order valence-electron chi connectivity index (χ2n) is 8.05. The molecule has 2 N–H and O–H groups in total. The summed E-state index contributed by atoms with van der Waals surface area (Å²) in [5.74, 6) is 1.55. The third kappa shape index (κ3) is 2.96. The number of aromatic nitrogens is 4. The van der Waals surface area contributed by atoms with Crippen molar-refractivity contribution in [2.24, 2.45) is 5.92 Å². The third-order valence-corrected chi connectivity index (χ3v) is 5.31. The SMILES string of the molecule is C[C@@H]1CCN(C(=O)CC(C)(C)O)C[C@@H]1c1ncc2cnc3[nH]ccc3n12. The fourth-order valence-corrected chi connectivity index (χ4v) is 3.88. The van der Waals surface area contributed by atoms with Crippen molar-refractivity contribution in [1.82, 2.24) is 24.3 Å². The quantitative estimate of drug-likeness (QED) is 0.755. The lowest BCUT2D eigenvalue weighted by atomic mass is 9.86. The molecule has 0 bridgehead atoms. The highest BCUT2D eigenvalue weighted by molar-refractivity contribution is 5.77. The smallest absolute Gasteiger partial charge is 0.225 e. The summed E-state index contributed by atoms with van der Waals surface area (Å²) in [6.45, 7) is 6.93. The van der Waals surface area contributed by atoms with Gasteiger partial charge in [0, 0.05) is 25.2 Å². The number of carbonyl (C=O) groups excluding carboxylic acids is 1. The predicted molar refractivity (Wildman–Crippen MR) is 98.9 cm³/mol. The standard InChI is InChI=1S/C19H25N5O2/c1-12-5-7-23(16(25)8-19(2,3)26)11-14(12)18-22-10-13-9-21-17-15(24(13)18)4-6-20-17/h4,6,9-10,12,14,20,26H,5,7-8,11H2,1-3H3/t12-,14+/m1/s1. The average molecular weight is 355 g/mol. The number of aliphatic hydroxyl groups is 1. The molecule has 7 nitrogen and oxygen atoms in total. The van der Waals surface area contributed by atoms with Gasteiger partial charge in [-0.15, -0.1) is 0 Å². The number of likely N-dealkylation sites (tertiary alicyclic amines) is 1. The molecule has 26 heavy (non-hydrogen) atoms. The largest absolute Gasteiger partial charge is 0.390 e. The van der Waals surface area contributed by atoms with Crippen molar-refractivity contribution in [2.45, 2.75) is 45.1 Å². The number of piperidine rings is 1. The highest BCUT2D eigenvalue weighted by Crippen LogP contribution is 2.33. The van der Waals surface area contributed by atoms with Crippen LogP contribution in [-0.2, 0) is 4.79 Å². The van der Waals surface area contributed by atoms with E-state index in [2.05, 4.69) is 26.3 Å². The summed E-state index contributed by atoms with van der Waals surface area (Å²) >= 11 is 0. The van der Waals surface area contributed by atoms with Gasteiger partial charge in [-0.3, -0.25) is 9.20 Å². The van der Waals surface area contributed by atoms with Gasteiger partial charge in [0.25, 0.3) is 0 Å². The molecule has 1 aliphatic rings. The van der Waals surface area contributed by atoms with Gasteiger partial charge in [-0.2, -0.15) is 0 Å². The number of fused-ring (bicyclic) bond motifs is 3. The van der Waals surface area contributed by atoms with E-state index in [1.807, 2.05) is 29.6 Å². The highest BCUT2D eigenvalue weighted by atomic mass is 16.3. The number of imidazole rings is 1. The van der Waals surface area contributed by atoms with Gasteiger partial charge in [0.15, 0.2) is 5.65 Å². The first-order valence-corrected chi connectivity index (χ1v) is 9.13. The molecule has 7 heteroatoms. The minimum absolute atomic E-state index is 0.00344. The van der Waals surface area contributed by atoms with Crippen molar-refractivity contribution in [3.63, 3.8) is 0 Å². The molecule has 3 aromatic heterocycles. The molecule has 4 rings (SSSR count). The van der Waals surface area contributed by atoms with Gasteiger partial charge in [-0.05, 0) is 32.3 Å². The first-order valence-electron chi connectivity index (χ1n) is 9.13. The van der Waals surface area contributed by atoms with E-state index in [1.165, 1.54) is 0 Å². The molecule has 138 valence electrons. The Morgan fingerprint density at radius 2 is 2.15 bits per heavy atom. The van der Waals surface area contributed by atoms with Crippen LogP contribution in [0.5, 0.6) is 0 Å². The number of hydrogen-bond donors (Lipinski definition) is 2. The van der Waals surface area contributed by atoms with Crippen LogP contribution in [0.15, 0.2) is 24.7 Å². The summed E-state index contributed by atoms with van der Waals surface area (Å²) in [6, 6.07) is 2.01.